The second kappa shape index (κ2) is 8.25. The van der Waals surface area contributed by atoms with Gasteiger partial charge in [0.25, 0.3) is 5.91 Å². The molecule has 0 bridgehead atoms. The fourth-order valence-corrected chi connectivity index (χ4v) is 2.90. The van der Waals surface area contributed by atoms with Crippen LogP contribution in [0.5, 0.6) is 5.88 Å². The third kappa shape index (κ3) is 4.19. The molecule has 1 N–H and O–H groups in total. The second-order valence-electron chi connectivity index (χ2n) is 6.51. The maximum absolute atomic E-state index is 14.2. The second-order valence-corrected chi connectivity index (χ2v) is 6.51. The number of carbonyl (C=O) groups excluding carboxylic acids is 1. The minimum atomic E-state index is -4.96. The van der Waals surface area contributed by atoms with E-state index in [1.807, 2.05) is 0 Å². The van der Waals surface area contributed by atoms with Crippen molar-refractivity contribution in [3.63, 3.8) is 0 Å². The van der Waals surface area contributed by atoms with Crippen molar-refractivity contribution in [1.29, 1.82) is 0 Å². The molecule has 0 fully saturated rings. The molecular formula is C18H13F4N9O2. The van der Waals surface area contributed by atoms with Crippen molar-refractivity contribution in [3.05, 3.63) is 59.4 Å². The van der Waals surface area contributed by atoms with E-state index in [1.165, 1.54) is 38.3 Å². The minimum absolute atomic E-state index is 0.0106. The average molecular weight is 463 g/mol. The SMILES string of the molecule is COc1ccc(-n2ncc(C(=O)Nc3ccc(F)c(-n4nnnc4C)c3)c2C(F)(F)F)nn1. The normalized spacial score (nSPS) is 11.5. The Morgan fingerprint density at radius 1 is 1.09 bits per heavy atom. The zero-order chi connectivity index (χ0) is 23.8. The first kappa shape index (κ1) is 21.8. The highest BCUT2D eigenvalue weighted by atomic mass is 19.4. The summed E-state index contributed by atoms with van der Waals surface area (Å²) in [6, 6.07) is 5.89. The summed E-state index contributed by atoms with van der Waals surface area (Å²) in [4.78, 5) is 12.7. The number of carbonyl (C=O) groups is 1. The third-order valence-electron chi connectivity index (χ3n) is 4.39. The fourth-order valence-electron chi connectivity index (χ4n) is 2.90. The number of aromatic nitrogens is 8. The van der Waals surface area contributed by atoms with Gasteiger partial charge in [-0.3, -0.25) is 4.79 Å². The number of halogens is 4. The number of ether oxygens (including phenoxy) is 1. The van der Waals surface area contributed by atoms with Gasteiger partial charge >= 0.3 is 6.18 Å². The predicted molar refractivity (Wildman–Crippen MR) is 103 cm³/mol. The number of anilines is 1. The van der Waals surface area contributed by atoms with E-state index >= 15 is 0 Å². The first-order valence-electron chi connectivity index (χ1n) is 9.08. The van der Waals surface area contributed by atoms with Gasteiger partial charge in [-0.05, 0) is 41.6 Å². The average Bonchev–Trinajstić information content (AvgIpc) is 3.42. The van der Waals surface area contributed by atoms with Gasteiger partial charge in [-0.15, -0.1) is 15.3 Å². The van der Waals surface area contributed by atoms with Crippen molar-refractivity contribution in [3.8, 4) is 17.4 Å². The maximum Gasteiger partial charge on any atom is 0.434 e. The molecule has 4 rings (SSSR count). The molecule has 0 saturated carbocycles. The number of aryl methyl sites for hydroxylation is 1. The Labute approximate surface area is 182 Å². The molecule has 3 aromatic heterocycles. The largest absolute Gasteiger partial charge is 0.480 e. The van der Waals surface area contributed by atoms with Crippen molar-refractivity contribution in [2.45, 2.75) is 13.1 Å². The van der Waals surface area contributed by atoms with Gasteiger partial charge in [0.2, 0.25) is 5.88 Å². The molecule has 4 aromatic rings. The Morgan fingerprint density at radius 3 is 2.48 bits per heavy atom. The Hall–Kier alpha value is -4.43. The maximum atomic E-state index is 14.2. The van der Waals surface area contributed by atoms with E-state index in [0.717, 1.165) is 16.9 Å². The number of hydrogen-bond acceptors (Lipinski definition) is 8. The van der Waals surface area contributed by atoms with Crippen molar-refractivity contribution >= 4 is 11.6 Å². The van der Waals surface area contributed by atoms with Crippen LogP contribution in [0.1, 0.15) is 21.9 Å². The zero-order valence-electron chi connectivity index (χ0n) is 16.9. The molecule has 11 nitrogen and oxygen atoms in total. The molecule has 0 aliphatic heterocycles. The van der Waals surface area contributed by atoms with Crippen molar-refractivity contribution in [2.75, 3.05) is 12.4 Å². The molecule has 0 aliphatic rings. The molecule has 170 valence electrons. The number of nitrogens with zero attached hydrogens (tertiary/aromatic N) is 8. The standard InChI is InChI=1S/C18H13F4N9O2/c1-9-25-28-29-30(9)13-7-10(3-4-12(13)19)24-17(32)11-8-23-31(16(11)18(20,21)22)14-5-6-15(33-2)27-26-14/h3-8H,1-2H3,(H,24,32). The number of benzene rings is 1. The molecule has 33 heavy (non-hydrogen) atoms. The summed E-state index contributed by atoms with van der Waals surface area (Å²) in [5.74, 6) is -1.76. The Morgan fingerprint density at radius 2 is 1.88 bits per heavy atom. The van der Waals surface area contributed by atoms with E-state index in [0.29, 0.717) is 4.68 Å². The van der Waals surface area contributed by atoms with Gasteiger partial charge in [0.15, 0.2) is 17.3 Å². The number of nitrogens with one attached hydrogen (secondary N) is 1. The zero-order valence-corrected chi connectivity index (χ0v) is 16.9. The summed E-state index contributed by atoms with van der Waals surface area (Å²) < 4.78 is 62.1. The molecule has 0 saturated heterocycles. The first-order chi connectivity index (χ1) is 15.7. The highest BCUT2D eigenvalue weighted by Gasteiger charge is 2.41. The van der Waals surface area contributed by atoms with Gasteiger partial charge in [0.1, 0.15) is 11.5 Å². The summed E-state index contributed by atoms with van der Waals surface area (Å²) in [5.41, 5.74) is -2.23. The highest BCUT2D eigenvalue weighted by Crippen LogP contribution is 2.34. The number of tetrazole rings is 1. The van der Waals surface area contributed by atoms with Crippen LogP contribution in [0.4, 0.5) is 23.2 Å². The van der Waals surface area contributed by atoms with Gasteiger partial charge in [0, 0.05) is 11.8 Å². The first-order valence-corrected chi connectivity index (χ1v) is 9.08. The van der Waals surface area contributed by atoms with Crippen LogP contribution in [0.25, 0.3) is 11.5 Å². The number of alkyl halides is 3. The molecule has 0 spiro atoms. The van der Waals surface area contributed by atoms with Crippen LogP contribution in [0.3, 0.4) is 0 Å². The monoisotopic (exact) mass is 463 g/mol. The van der Waals surface area contributed by atoms with Crippen molar-refractivity contribution in [1.82, 2.24) is 40.2 Å². The molecule has 0 radical (unpaired) electrons. The fraction of sp³-hybridized carbons (Fsp3) is 0.167. The minimum Gasteiger partial charge on any atom is -0.480 e. The number of hydrogen-bond donors (Lipinski definition) is 1. The van der Waals surface area contributed by atoms with Crippen LogP contribution in [0, 0.1) is 12.7 Å². The lowest BCUT2D eigenvalue weighted by Gasteiger charge is -2.13. The van der Waals surface area contributed by atoms with Crippen LogP contribution in [-0.4, -0.2) is 53.2 Å². The molecule has 3 heterocycles. The van der Waals surface area contributed by atoms with Gasteiger partial charge in [-0.1, -0.05) is 0 Å². The summed E-state index contributed by atoms with van der Waals surface area (Å²) in [5, 5.41) is 23.9. The Bertz CT molecular complexity index is 1320. The summed E-state index contributed by atoms with van der Waals surface area (Å²) >= 11 is 0. The van der Waals surface area contributed by atoms with Gasteiger partial charge < -0.3 is 10.1 Å². The van der Waals surface area contributed by atoms with Crippen molar-refractivity contribution < 1.29 is 27.1 Å². The predicted octanol–water partition coefficient (Wildman–Crippen LogP) is 2.37. The Balaban J connectivity index is 1.69. The Kier molecular flexibility index (Phi) is 5.45. The lowest BCUT2D eigenvalue weighted by atomic mass is 10.2. The smallest absolute Gasteiger partial charge is 0.434 e. The summed E-state index contributed by atoms with van der Waals surface area (Å²) in [7, 11) is 1.32. The van der Waals surface area contributed by atoms with Crippen molar-refractivity contribution in [2.24, 2.45) is 0 Å². The summed E-state index contributed by atoms with van der Waals surface area (Å²) in [6.45, 7) is 1.52. The van der Waals surface area contributed by atoms with E-state index in [4.69, 9.17) is 4.74 Å². The number of amides is 1. The molecule has 0 aliphatic carbocycles. The topological polar surface area (TPSA) is 126 Å². The van der Waals surface area contributed by atoms with Crippen LogP contribution in [0.15, 0.2) is 36.5 Å². The third-order valence-corrected chi connectivity index (χ3v) is 4.39. The van der Waals surface area contributed by atoms with E-state index in [-0.39, 0.29) is 28.9 Å². The van der Waals surface area contributed by atoms with Gasteiger partial charge in [0.05, 0.1) is 18.9 Å². The summed E-state index contributed by atoms with van der Waals surface area (Å²) in [6.07, 6.45) is -4.21. The van der Waals surface area contributed by atoms with E-state index in [9.17, 15) is 22.4 Å². The molecule has 1 amide bonds. The molecular weight excluding hydrogens is 450 g/mol. The van der Waals surface area contributed by atoms with E-state index in [2.05, 4.69) is 36.1 Å². The highest BCUT2D eigenvalue weighted by molar-refractivity contribution is 6.05. The number of rotatable bonds is 5. The number of methoxy groups -OCH3 is 1. The van der Waals surface area contributed by atoms with E-state index < -0.39 is 29.2 Å². The molecule has 15 heteroatoms. The van der Waals surface area contributed by atoms with Crippen LogP contribution >= 0.6 is 0 Å². The van der Waals surface area contributed by atoms with Gasteiger partial charge in [-0.25, -0.2) is 9.07 Å². The molecule has 1 aromatic carbocycles. The van der Waals surface area contributed by atoms with Crippen LogP contribution in [0.2, 0.25) is 0 Å². The van der Waals surface area contributed by atoms with Crippen LogP contribution < -0.4 is 10.1 Å². The molecule has 0 unspecified atom stereocenters. The lowest BCUT2D eigenvalue weighted by Crippen LogP contribution is -2.21. The quantitative estimate of drug-likeness (QED) is 0.447. The van der Waals surface area contributed by atoms with Gasteiger partial charge in [-0.2, -0.15) is 23.0 Å². The lowest BCUT2D eigenvalue weighted by molar-refractivity contribution is -0.143. The molecule has 0 atom stereocenters. The van der Waals surface area contributed by atoms with Crippen LogP contribution in [-0.2, 0) is 6.18 Å². The van der Waals surface area contributed by atoms with E-state index in [1.54, 1.807) is 0 Å².